The highest BCUT2D eigenvalue weighted by Crippen LogP contribution is 2.24. The molecule has 1 aliphatic heterocycles. The van der Waals surface area contributed by atoms with Crippen LogP contribution in [0, 0.1) is 19.8 Å². The van der Waals surface area contributed by atoms with Crippen LogP contribution >= 0.6 is 0 Å². The second-order valence-corrected chi connectivity index (χ2v) is 8.08. The first-order chi connectivity index (χ1) is 14.6. The third kappa shape index (κ3) is 4.67. The fourth-order valence-corrected chi connectivity index (χ4v) is 3.99. The van der Waals surface area contributed by atoms with Gasteiger partial charge in [-0.15, -0.1) is 10.2 Å². The van der Waals surface area contributed by atoms with E-state index in [-0.39, 0.29) is 11.8 Å². The van der Waals surface area contributed by atoms with Crippen LogP contribution in [0.15, 0.2) is 60.7 Å². The van der Waals surface area contributed by atoms with E-state index in [0.717, 1.165) is 42.0 Å². The standard InChI is InChI=1S/C25H28N4O/c1-18-7-5-10-20(15-18)23-12-13-24(28-27-23)29-14-6-11-22(17-29)25(30)26-16-21-9-4-3-8-19(21)2/h3-5,7-10,12-13,15,22H,6,11,14,16-17H2,1-2H3,(H,26,30)/t22-/m0/s1. The maximum absolute atomic E-state index is 12.8. The quantitative estimate of drug-likeness (QED) is 0.694. The molecule has 2 aromatic carbocycles. The lowest BCUT2D eigenvalue weighted by atomic mass is 9.97. The highest BCUT2D eigenvalue weighted by molar-refractivity contribution is 5.79. The van der Waals surface area contributed by atoms with Crippen LogP contribution in [0.5, 0.6) is 0 Å². The monoisotopic (exact) mass is 400 g/mol. The Kier molecular flexibility index (Phi) is 6.07. The third-order valence-corrected chi connectivity index (χ3v) is 5.79. The maximum atomic E-state index is 12.8. The number of carbonyl (C=O) groups is 1. The Morgan fingerprint density at radius 2 is 1.93 bits per heavy atom. The van der Waals surface area contributed by atoms with Crippen molar-refractivity contribution >= 4 is 11.7 Å². The van der Waals surface area contributed by atoms with Crippen LogP contribution < -0.4 is 10.2 Å². The van der Waals surface area contributed by atoms with Gasteiger partial charge in [0, 0.05) is 25.2 Å². The van der Waals surface area contributed by atoms with Crippen molar-refractivity contribution in [3.63, 3.8) is 0 Å². The smallest absolute Gasteiger partial charge is 0.225 e. The number of aromatic nitrogens is 2. The number of anilines is 1. The number of nitrogens with zero attached hydrogens (tertiary/aromatic N) is 3. The SMILES string of the molecule is Cc1cccc(-c2ccc(N3CCC[C@H](C(=O)NCc4ccccc4C)C3)nn2)c1. The van der Waals surface area contributed by atoms with Gasteiger partial charge in [-0.05, 0) is 56.0 Å². The summed E-state index contributed by atoms with van der Waals surface area (Å²) < 4.78 is 0. The van der Waals surface area contributed by atoms with Gasteiger partial charge in [0.15, 0.2) is 5.82 Å². The first-order valence-electron chi connectivity index (χ1n) is 10.6. The van der Waals surface area contributed by atoms with Crippen molar-refractivity contribution < 1.29 is 4.79 Å². The van der Waals surface area contributed by atoms with Gasteiger partial charge in [0.05, 0.1) is 11.6 Å². The zero-order valence-electron chi connectivity index (χ0n) is 17.6. The van der Waals surface area contributed by atoms with Crippen molar-refractivity contribution in [3.8, 4) is 11.3 Å². The fourth-order valence-electron chi connectivity index (χ4n) is 3.99. The zero-order chi connectivity index (χ0) is 20.9. The second kappa shape index (κ2) is 9.08. The number of nitrogens with one attached hydrogen (secondary N) is 1. The minimum absolute atomic E-state index is 0.0268. The normalized spacial score (nSPS) is 16.3. The van der Waals surface area contributed by atoms with Crippen LogP contribution in [0.25, 0.3) is 11.3 Å². The summed E-state index contributed by atoms with van der Waals surface area (Å²) in [6.07, 6.45) is 1.88. The van der Waals surface area contributed by atoms with Crippen LogP contribution in [0.2, 0.25) is 0 Å². The molecule has 4 rings (SSSR count). The second-order valence-electron chi connectivity index (χ2n) is 8.08. The summed E-state index contributed by atoms with van der Waals surface area (Å²) in [4.78, 5) is 14.9. The van der Waals surface area contributed by atoms with Crippen LogP contribution in [0.1, 0.15) is 29.5 Å². The maximum Gasteiger partial charge on any atom is 0.225 e. The molecular weight excluding hydrogens is 372 g/mol. The van der Waals surface area contributed by atoms with Gasteiger partial charge in [-0.1, -0.05) is 48.0 Å². The molecule has 1 fully saturated rings. The Balaban J connectivity index is 1.38. The molecule has 0 aliphatic carbocycles. The number of amides is 1. The van der Waals surface area contributed by atoms with E-state index in [1.165, 1.54) is 11.1 Å². The molecule has 154 valence electrons. The van der Waals surface area contributed by atoms with E-state index in [4.69, 9.17) is 0 Å². The van der Waals surface area contributed by atoms with Gasteiger partial charge < -0.3 is 10.2 Å². The molecule has 5 nitrogen and oxygen atoms in total. The molecule has 1 saturated heterocycles. The predicted molar refractivity (Wildman–Crippen MR) is 120 cm³/mol. The van der Waals surface area contributed by atoms with Gasteiger partial charge in [0.2, 0.25) is 5.91 Å². The summed E-state index contributed by atoms with van der Waals surface area (Å²) >= 11 is 0. The number of benzene rings is 2. The molecule has 0 saturated carbocycles. The molecule has 2 heterocycles. The van der Waals surface area contributed by atoms with Crippen molar-refractivity contribution in [3.05, 3.63) is 77.4 Å². The molecule has 1 aromatic heterocycles. The van der Waals surface area contributed by atoms with Gasteiger partial charge in [-0.25, -0.2) is 0 Å². The molecule has 0 unspecified atom stereocenters. The lowest BCUT2D eigenvalue weighted by molar-refractivity contribution is -0.125. The average molecular weight is 401 g/mol. The molecule has 0 bridgehead atoms. The minimum Gasteiger partial charge on any atom is -0.354 e. The number of hydrogen-bond donors (Lipinski definition) is 1. The molecule has 30 heavy (non-hydrogen) atoms. The third-order valence-electron chi connectivity index (χ3n) is 5.79. The molecule has 3 aromatic rings. The zero-order valence-corrected chi connectivity index (χ0v) is 17.6. The average Bonchev–Trinajstić information content (AvgIpc) is 2.78. The van der Waals surface area contributed by atoms with Crippen LogP contribution in [0.3, 0.4) is 0 Å². The lowest BCUT2D eigenvalue weighted by Gasteiger charge is -2.32. The van der Waals surface area contributed by atoms with Gasteiger partial charge in [-0.3, -0.25) is 4.79 Å². The van der Waals surface area contributed by atoms with Gasteiger partial charge in [-0.2, -0.15) is 0 Å². The molecular formula is C25H28N4O. The van der Waals surface area contributed by atoms with E-state index >= 15 is 0 Å². The Bertz CT molecular complexity index is 1020. The molecule has 1 atom stereocenters. The number of carbonyl (C=O) groups excluding carboxylic acids is 1. The predicted octanol–water partition coefficient (Wildman–Crippen LogP) is 4.29. The molecule has 1 amide bonds. The Morgan fingerprint density at radius 1 is 1.07 bits per heavy atom. The number of hydrogen-bond acceptors (Lipinski definition) is 4. The summed E-state index contributed by atoms with van der Waals surface area (Å²) in [7, 11) is 0. The molecule has 1 N–H and O–H groups in total. The van der Waals surface area contributed by atoms with E-state index in [1.54, 1.807) is 0 Å². The molecule has 1 aliphatic rings. The van der Waals surface area contributed by atoms with Crippen LogP contribution in [-0.4, -0.2) is 29.2 Å². The summed E-state index contributed by atoms with van der Waals surface area (Å²) in [5.41, 5.74) is 5.50. The number of rotatable bonds is 5. The van der Waals surface area contributed by atoms with Crippen molar-refractivity contribution in [2.45, 2.75) is 33.2 Å². The van der Waals surface area contributed by atoms with Crippen molar-refractivity contribution in [1.82, 2.24) is 15.5 Å². The van der Waals surface area contributed by atoms with E-state index in [0.29, 0.717) is 13.1 Å². The topological polar surface area (TPSA) is 58.1 Å². The highest BCUT2D eigenvalue weighted by atomic mass is 16.1. The highest BCUT2D eigenvalue weighted by Gasteiger charge is 2.26. The van der Waals surface area contributed by atoms with E-state index in [1.807, 2.05) is 36.4 Å². The lowest BCUT2D eigenvalue weighted by Crippen LogP contribution is -2.43. The van der Waals surface area contributed by atoms with E-state index in [2.05, 4.69) is 58.5 Å². The summed E-state index contributed by atoms with van der Waals surface area (Å²) in [6, 6.07) is 20.5. The van der Waals surface area contributed by atoms with Crippen molar-refractivity contribution in [2.24, 2.45) is 5.92 Å². The minimum atomic E-state index is -0.0268. The summed E-state index contributed by atoms with van der Waals surface area (Å²) in [6.45, 7) is 6.30. The molecule has 0 radical (unpaired) electrons. The summed E-state index contributed by atoms with van der Waals surface area (Å²) in [5, 5.41) is 12.0. The molecule has 0 spiro atoms. The Morgan fingerprint density at radius 3 is 2.70 bits per heavy atom. The number of piperidine rings is 1. The van der Waals surface area contributed by atoms with Crippen LogP contribution in [0.4, 0.5) is 5.82 Å². The first kappa shape index (κ1) is 20.1. The first-order valence-corrected chi connectivity index (χ1v) is 10.6. The van der Waals surface area contributed by atoms with Crippen LogP contribution in [-0.2, 0) is 11.3 Å². The fraction of sp³-hybridized carbons (Fsp3) is 0.320. The van der Waals surface area contributed by atoms with Crippen molar-refractivity contribution in [1.29, 1.82) is 0 Å². The van der Waals surface area contributed by atoms with Gasteiger partial charge in [0.25, 0.3) is 0 Å². The number of aryl methyl sites for hydroxylation is 2. The van der Waals surface area contributed by atoms with E-state index < -0.39 is 0 Å². The Labute approximate surface area is 178 Å². The Hall–Kier alpha value is -3.21. The van der Waals surface area contributed by atoms with Crippen molar-refractivity contribution in [2.75, 3.05) is 18.0 Å². The largest absolute Gasteiger partial charge is 0.354 e. The van der Waals surface area contributed by atoms with E-state index in [9.17, 15) is 4.79 Å². The molecule has 5 heteroatoms. The summed E-state index contributed by atoms with van der Waals surface area (Å²) in [5.74, 6) is 0.927. The van der Waals surface area contributed by atoms with Gasteiger partial charge in [0.1, 0.15) is 0 Å². The van der Waals surface area contributed by atoms with Gasteiger partial charge >= 0.3 is 0 Å².